The van der Waals surface area contributed by atoms with Crippen LogP contribution in [-0.4, -0.2) is 32.5 Å². The Morgan fingerprint density at radius 2 is 1.77 bits per heavy atom. The van der Waals surface area contributed by atoms with Gasteiger partial charge in [-0.3, -0.25) is 18.9 Å². The maximum Gasteiger partial charge on any atom is 0.519 e. The van der Waals surface area contributed by atoms with Crippen LogP contribution in [-0.2, 0) is 38.1 Å². The molecule has 3 heterocycles. The third-order valence-electron chi connectivity index (χ3n) is 5.63. The fourth-order valence-electron chi connectivity index (χ4n) is 3.71. The summed E-state index contributed by atoms with van der Waals surface area (Å²) in [6, 6.07) is 14.2. The van der Waals surface area contributed by atoms with Crippen LogP contribution in [0.5, 0.6) is 0 Å². The summed E-state index contributed by atoms with van der Waals surface area (Å²) in [7, 11) is -3.93. The van der Waals surface area contributed by atoms with Gasteiger partial charge in [0.05, 0.1) is 19.5 Å². The molecule has 0 spiro atoms. The van der Waals surface area contributed by atoms with E-state index >= 15 is 0 Å². The molecular formula is C25H23FN5O8P. The van der Waals surface area contributed by atoms with E-state index in [4.69, 9.17) is 28.4 Å². The second kappa shape index (κ2) is 11.8. The third kappa shape index (κ3) is 6.43. The fraction of sp³-hybridized carbons (Fsp3) is 0.200. The zero-order valence-electron chi connectivity index (χ0n) is 20.8. The van der Waals surface area contributed by atoms with Crippen molar-refractivity contribution >= 4 is 24.7 Å². The number of imidazole rings is 1. The maximum absolute atomic E-state index is 13.7. The Bertz CT molecular complexity index is 1760. The molecule has 0 radical (unpaired) electrons. The van der Waals surface area contributed by atoms with Crippen molar-refractivity contribution in [2.75, 3.05) is 18.7 Å². The van der Waals surface area contributed by atoms with Gasteiger partial charge in [-0.25, -0.2) is 14.2 Å². The minimum Gasteiger partial charge on any atom is -0.393 e. The van der Waals surface area contributed by atoms with Crippen LogP contribution in [0.1, 0.15) is 11.3 Å². The Morgan fingerprint density at radius 3 is 2.55 bits per heavy atom. The van der Waals surface area contributed by atoms with Crippen molar-refractivity contribution in [3.8, 4) is 11.3 Å². The summed E-state index contributed by atoms with van der Waals surface area (Å²) in [6.45, 7) is -0.258. The Kier molecular flexibility index (Phi) is 8.03. The molecule has 0 aliphatic rings. The second-order valence-electron chi connectivity index (χ2n) is 8.46. The lowest BCUT2D eigenvalue weighted by Crippen LogP contribution is -2.13. The summed E-state index contributed by atoms with van der Waals surface area (Å²) in [4.78, 5) is 34.3. The number of aromatic amines is 1. The standard InChI is InChI=1S/C25H23FN5O8P/c26-18-8-6-17(7-9-18)21-19(38-25(33)39-21)13-37-40(34,36-12-16-4-2-1-3-5-16)15-35-11-10-31-14-28-20-22(31)29-24(27)30-23(20)32/h1-9,14H,10-13,15H2,(H3,27,29,30,32). The highest BCUT2D eigenvalue weighted by molar-refractivity contribution is 7.53. The molecule has 5 aromatic rings. The van der Waals surface area contributed by atoms with E-state index in [2.05, 4.69) is 15.0 Å². The first kappa shape index (κ1) is 27.2. The molecular weight excluding hydrogens is 548 g/mol. The molecule has 0 aliphatic carbocycles. The average molecular weight is 571 g/mol. The molecule has 2 aromatic carbocycles. The molecule has 5 rings (SSSR count). The molecule has 40 heavy (non-hydrogen) atoms. The van der Waals surface area contributed by atoms with Crippen molar-refractivity contribution < 1.29 is 31.6 Å². The van der Waals surface area contributed by atoms with E-state index in [-0.39, 0.29) is 48.4 Å². The van der Waals surface area contributed by atoms with Crippen molar-refractivity contribution in [2.45, 2.75) is 19.8 Å². The number of halogens is 1. The number of aromatic nitrogens is 4. The Balaban J connectivity index is 1.28. The summed E-state index contributed by atoms with van der Waals surface area (Å²) in [5.74, 6) is -1.58. The van der Waals surface area contributed by atoms with Gasteiger partial charge in [0.25, 0.3) is 5.56 Å². The normalized spacial score (nSPS) is 13.0. The predicted molar refractivity (Wildman–Crippen MR) is 140 cm³/mol. The van der Waals surface area contributed by atoms with Crippen molar-refractivity contribution in [2.24, 2.45) is 0 Å². The van der Waals surface area contributed by atoms with Gasteiger partial charge in [-0.1, -0.05) is 30.3 Å². The molecule has 0 saturated carbocycles. The second-order valence-corrected chi connectivity index (χ2v) is 10.5. The molecule has 0 saturated heterocycles. The molecule has 208 valence electrons. The lowest BCUT2D eigenvalue weighted by Gasteiger charge is -2.18. The highest BCUT2D eigenvalue weighted by Crippen LogP contribution is 2.50. The van der Waals surface area contributed by atoms with E-state index < -0.39 is 37.7 Å². The van der Waals surface area contributed by atoms with Crippen LogP contribution in [0, 0.1) is 5.82 Å². The molecule has 15 heteroatoms. The Morgan fingerprint density at radius 1 is 1.02 bits per heavy atom. The summed E-state index contributed by atoms with van der Waals surface area (Å²) in [5.41, 5.74) is 6.65. The minimum absolute atomic E-state index is 0.00859. The molecule has 1 atom stereocenters. The van der Waals surface area contributed by atoms with Crippen LogP contribution in [0.4, 0.5) is 10.3 Å². The van der Waals surface area contributed by atoms with Crippen LogP contribution >= 0.6 is 7.60 Å². The van der Waals surface area contributed by atoms with E-state index in [1.165, 1.54) is 30.6 Å². The number of rotatable bonds is 12. The van der Waals surface area contributed by atoms with Gasteiger partial charge in [-0.05, 0) is 29.8 Å². The highest BCUT2D eigenvalue weighted by Gasteiger charge is 2.28. The molecule has 0 aliphatic heterocycles. The third-order valence-corrected chi connectivity index (χ3v) is 7.18. The van der Waals surface area contributed by atoms with Crippen LogP contribution in [0.3, 0.4) is 0 Å². The monoisotopic (exact) mass is 571 g/mol. The van der Waals surface area contributed by atoms with Gasteiger partial charge < -0.3 is 28.4 Å². The van der Waals surface area contributed by atoms with Crippen molar-refractivity contribution in [1.82, 2.24) is 19.5 Å². The average Bonchev–Trinajstić information content (AvgIpc) is 3.53. The molecule has 13 nitrogen and oxygen atoms in total. The number of hydrogen-bond acceptors (Lipinski definition) is 11. The van der Waals surface area contributed by atoms with Crippen LogP contribution in [0.2, 0.25) is 0 Å². The van der Waals surface area contributed by atoms with E-state index in [9.17, 15) is 18.5 Å². The van der Waals surface area contributed by atoms with Gasteiger partial charge in [0.15, 0.2) is 22.7 Å². The molecule has 3 aromatic heterocycles. The number of H-pyrrole nitrogens is 1. The smallest absolute Gasteiger partial charge is 0.393 e. The first-order valence-electron chi connectivity index (χ1n) is 11.9. The number of benzene rings is 2. The van der Waals surface area contributed by atoms with Gasteiger partial charge in [0.2, 0.25) is 5.95 Å². The molecule has 1 unspecified atom stereocenters. The number of anilines is 1. The Labute approximate surface area is 224 Å². The van der Waals surface area contributed by atoms with Crippen LogP contribution in [0.15, 0.2) is 79.3 Å². The van der Waals surface area contributed by atoms with Crippen LogP contribution in [0.25, 0.3) is 22.5 Å². The zero-order valence-corrected chi connectivity index (χ0v) is 21.7. The minimum atomic E-state index is -3.93. The zero-order chi connectivity index (χ0) is 28.1. The van der Waals surface area contributed by atoms with E-state index in [1.807, 2.05) is 6.07 Å². The summed E-state index contributed by atoms with van der Waals surface area (Å²) >= 11 is 0. The number of ether oxygens (including phenoxy) is 1. The highest BCUT2D eigenvalue weighted by atomic mass is 31.2. The SMILES string of the molecule is Nc1nc2c(ncn2CCOCP(=O)(OCc2ccccc2)OCc2oc(=O)oc2-c2ccc(F)cc2)c(=O)[nH]1. The lowest BCUT2D eigenvalue weighted by molar-refractivity contribution is 0.114. The molecule has 0 fully saturated rings. The van der Waals surface area contributed by atoms with E-state index in [1.54, 1.807) is 28.8 Å². The van der Waals surface area contributed by atoms with Gasteiger partial charge in [0.1, 0.15) is 18.8 Å². The van der Waals surface area contributed by atoms with Crippen molar-refractivity contribution in [3.63, 3.8) is 0 Å². The van der Waals surface area contributed by atoms with Gasteiger partial charge in [0, 0.05) is 12.1 Å². The number of nitrogen functional groups attached to an aromatic ring is 1. The van der Waals surface area contributed by atoms with Gasteiger partial charge >= 0.3 is 13.4 Å². The molecule has 0 bridgehead atoms. The number of nitrogens with one attached hydrogen (secondary N) is 1. The number of fused-ring (bicyclic) bond motifs is 1. The van der Waals surface area contributed by atoms with Gasteiger partial charge in [-0.15, -0.1) is 0 Å². The lowest BCUT2D eigenvalue weighted by atomic mass is 10.1. The summed E-state index contributed by atoms with van der Waals surface area (Å²) in [5, 5.41) is 0. The molecule has 3 N–H and O–H groups in total. The van der Waals surface area contributed by atoms with Crippen molar-refractivity contribution in [3.05, 3.63) is 99.0 Å². The van der Waals surface area contributed by atoms with E-state index in [0.717, 1.165) is 5.56 Å². The van der Waals surface area contributed by atoms with Crippen LogP contribution < -0.4 is 17.1 Å². The predicted octanol–water partition coefficient (Wildman–Crippen LogP) is 3.65. The number of nitrogens with two attached hydrogens (primary N) is 1. The largest absolute Gasteiger partial charge is 0.519 e. The van der Waals surface area contributed by atoms with E-state index in [0.29, 0.717) is 5.56 Å². The van der Waals surface area contributed by atoms with Crippen molar-refractivity contribution in [1.29, 1.82) is 0 Å². The summed E-state index contributed by atoms with van der Waals surface area (Å²) < 4.78 is 55.7. The number of hydrogen-bond donors (Lipinski definition) is 2. The summed E-state index contributed by atoms with van der Waals surface area (Å²) in [6.07, 6.45) is 0.964. The quantitative estimate of drug-likeness (QED) is 0.165. The molecule has 0 amide bonds. The first-order valence-corrected chi connectivity index (χ1v) is 13.6. The Hall–Kier alpha value is -4.36. The fourth-order valence-corrected chi connectivity index (χ4v) is 4.95. The van der Waals surface area contributed by atoms with Gasteiger partial charge in [-0.2, -0.15) is 4.98 Å². The topological polar surface area (TPSA) is 178 Å². The first-order chi connectivity index (χ1) is 19.3. The maximum atomic E-state index is 13.7. The number of nitrogens with zero attached hydrogens (tertiary/aromatic N) is 3.